The predicted octanol–water partition coefficient (Wildman–Crippen LogP) is 5.72. The summed E-state index contributed by atoms with van der Waals surface area (Å²) in [7, 11) is 0. The summed E-state index contributed by atoms with van der Waals surface area (Å²) in [5.74, 6) is -5.18. The molecule has 4 N–H and O–H groups in total. The Hall–Kier alpha value is -3.69. The Morgan fingerprint density at radius 2 is 1.85 bits per heavy atom. The Morgan fingerprint density at radius 3 is 2.46 bits per heavy atom. The summed E-state index contributed by atoms with van der Waals surface area (Å²) in [6.07, 6.45) is -8.08. The minimum Gasteiger partial charge on any atom is -0.366 e. The summed E-state index contributed by atoms with van der Waals surface area (Å²) in [5, 5.41) is 17.6. The molecule has 0 saturated heterocycles. The molecule has 0 fully saturated rings. The van der Waals surface area contributed by atoms with Crippen molar-refractivity contribution < 1.29 is 45.4 Å². The summed E-state index contributed by atoms with van der Waals surface area (Å²) in [5.41, 5.74) is -3.27. The summed E-state index contributed by atoms with van der Waals surface area (Å²) in [4.78, 5) is 25.7. The van der Waals surface area contributed by atoms with Crippen molar-refractivity contribution in [1.82, 2.24) is 15.1 Å². The van der Waals surface area contributed by atoms with E-state index in [1.807, 2.05) is 0 Å². The van der Waals surface area contributed by atoms with E-state index in [1.54, 1.807) is 0 Å². The van der Waals surface area contributed by atoms with E-state index < -0.39 is 87.3 Å². The summed E-state index contributed by atoms with van der Waals surface area (Å²) in [6.45, 7) is -1.03. The maximum absolute atomic E-state index is 15.6. The SMILES string of the molecule is NC(=O)c1cc(C(F)(F)F)cc(F)c1-c1cc2c(c(Br)nn2CC(F)F)c2c1C(O)(c1cc(F)ccc1Cl)NC2=O. The summed E-state index contributed by atoms with van der Waals surface area (Å²) < 4.78 is 97.7. The fourth-order valence-corrected chi connectivity index (χ4v) is 5.71. The molecule has 1 unspecified atom stereocenters. The topological polar surface area (TPSA) is 110 Å². The van der Waals surface area contributed by atoms with Gasteiger partial charge in [-0.05, 0) is 57.9 Å². The molecule has 16 heteroatoms. The lowest BCUT2D eigenvalue weighted by atomic mass is 9.84. The van der Waals surface area contributed by atoms with Gasteiger partial charge < -0.3 is 16.2 Å². The first-order valence-electron chi connectivity index (χ1n) is 11.3. The van der Waals surface area contributed by atoms with E-state index in [9.17, 15) is 41.0 Å². The second kappa shape index (κ2) is 9.70. The highest BCUT2D eigenvalue weighted by atomic mass is 79.9. The number of hydrogen-bond acceptors (Lipinski definition) is 4. The normalized spacial score (nSPS) is 16.9. The number of hydrogen-bond donors (Lipinski definition) is 3. The zero-order valence-electron chi connectivity index (χ0n) is 19.9. The van der Waals surface area contributed by atoms with Gasteiger partial charge in [0.25, 0.3) is 12.3 Å². The van der Waals surface area contributed by atoms with Gasteiger partial charge >= 0.3 is 6.18 Å². The van der Waals surface area contributed by atoms with E-state index in [0.717, 1.165) is 28.9 Å². The second-order valence-corrected chi connectivity index (χ2v) is 10.1. The van der Waals surface area contributed by atoms with Crippen LogP contribution in [0.25, 0.3) is 22.0 Å². The molecule has 0 saturated carbocycles. The molecule has 1 aromatic heterocycles. The Kier molecular flexibility index (Phi) is 6.82. The molecule has 0 bridgehead atoms. The van der Waals surface area contributed by atoms with E-state index in [-0.39, 0.29) is 32.7 Å². The van der Waals surface area contributed by atoms with Crippen molar-refractivity contribution >= 4 is 50.2 Å². The average Bonchev–Trinajstić information content (AvgIpc) is 3.31. The van der Waals surface area contributed by atoms with Crippen molar-refractivity contribution in [1.29, 1.82) is 0 Å². The summed E-state index contributed by atoms with van der Waals surface area (Å²) >= 11 is 9.29. The third kappa shape index (κ3) is 4.61. The van der Waals surface area contributed by atoms with Crippen molar-refractivity contribution in [3.05, 3.63) is 85.5 Å². The molecule has 3 aromatic carbocycles. The molecule has 5 rings (SSSR count). The fraction of sp³-hybridized carbons (Fsp3) is 0.160. The van der Waals surface area contributed by atoms with Crippen LogP contribution in [0.3, 0.4) is 0 Å². The monoisotopic (exact) mass is 664 g/mol. The van der Waals surface area contributed by atoms with E-state index in [1.165, 1.54) is 0 Å². The molecule has 0 aliphatic carbocycles. The maximum Gasteiger partial charge on any atom is 0.416 e. The smallest absolute Gasteiger partial charge is 0.366 e. The number of fused-ring (bicyclic) bond motifs is 3. The van der Waals surface area contributed by atoms with Gasteiger partial charge in [-0.3, -0.25) is 14.3 Å². The number of rotatable bonds is 5. The van der Waals surface area contributed by atoms with E-state index in [0.29, 0.717) is 0 Å². The lowest BCUT2D eigenvalue weighted by Gasteiger charge is -2.28. The molecule has 1 aliphatic heterocycles. The average molecular weight is 666 g/mol. The fourth-order valence-electron chi connectivity index (χ4n) is 4.87. The highest BCUT2D eigenvalue weighted by molar-refractivity contribution is 9.10. The second-order valence-electron chi connectivity index (χ2n) is 8.96. The number of nitrogens with zero attached hydrogens (tertiary/aromatic N) is 2. The Labute approximate surface area is 237 Å². The molecule has 0 radical (unpaired) electrons. The van der Waals surface area contributed by atoms with Gasteiger partial charge in [0, 0.05) is 27.1 Å². The Bertz CT molecular complexity index is 1790. The van der Waals surface area contributed by atoms with Crippen LogP contribution in [0.15, 0.2) is 41.0 Å². The third-order valence-electron chi connectivity index (χ3n) is 6.46. The molecule has 4 aromatic rings. The molecule has 1 atom stereocenters. The molecule has 1 aliphatic rings. The van der Waals surface area contributed by atoms with Crippen molar-refractivity contribution in [2.24, 2.45) is 5.73 Å². The molecule has 41 heavy (non-hydrogen) atoms. The standard InChI is InChI=1S/C25H13BrClF7N4O3/c26-21-18-15(38(37-21)7-16(30)31)6-10(17-11(22(35)39)3-8(4-14(17)29)25(32,33)34)20-19(18)23(40)36-24(20,41)12-5-9(28)1-2-13(12)27/h1-6,16,41H,7H2,(H2,35,39)(H,36,40). The van der Waals surface area contributed by atoms with Crippen LogP contribution in [0, 0.1) is 11.6 Å². The zero-order valence-corrected chi connectivity index (χ0v) is 22.2. The van der Waals surface area contributed by atoms with Crippen molar-refractivity contribution in [2.45, 2.75) is 24.9 Å². The zero-order chi connectivity index (χ0) is 30.2. The van der Waals surface area contributed by atoms with Crippen LogP contribution in [0.5, 0.6) is 0 Å². The molecule has 7 nitrogen and oxygen atoms in total. The molecule has 0 spiro atoms. The maximum atomic E-state index is 15.6. The molecule has 2 amide bonds. The van der Waals surface area contributed by atoms with Crippen LogP contribution >= 0.6 is 27.5 Å². The van der Waals surface area contributed by atoms with Crippen molar-refractivity contribution in [2.75, 3.05) is 0 Å². The lowest BCUT2D eigenvalue weighted by molar-refractivity contribution is -0.137. The van der Waals surface area contributed by atoms with Crippen molar-refractivity contribution in [3.63, 3.8) is 0 Å². The van der Waals surface area contributed by atoms with E-state index >= 15 is 4.39 Å². The molecular formula is C25H13BrClF7N4O3. The highest BCUT2D eigenvalue weighted by Gasteiger charge is 2.49. The number of benzene rings is 3. The number of carbonyl (C=O) groups is 2. The van der Waals surface area contributed by atoms with Gasteiger partial charge in [-0.1, -0.05) is 11.6 Å². The molecular weight excluding hydrogens is 653 g/mol. The van der Waals surface area contributed by atoms with Gasteiger partial charge in [0.1, 0.15) is 22.8 Å². The van der Waals surface area contributed by atoms with E-state index in [4.69, 9.17) is 17.3 Å². The largest absolute Gasteiger partial charge is 0.416 e. The number of aromatic nitrogens is 2. The predicted molar refractivity (Wildman–Crippen MR) is 134 cm³/mol. The van der Waals surface area contributed by atoms with Crippen LogP contribution in [-0.4, -0.2) is 33.1 Å². The molecule has 214 valence electrons. The Balaban J connectivity index is 1.99. The van der Waals surface area contributed by atoms with Crippen LogP contribution in [-0.2, 0) is 18.4 Å². The van der Waals surface area contributed by atoms with Crippen LogP contribution in [0.1, 0.15) is 37.4 Å². The van der Waals surface area contributed by atoms with Crippen LogP contribution in [0.4, 0.5) is 30.7 Å². The van der Waals surface area contributed by atoms with Gasteiger partial charge in [-0.2, -0.15) is 18.3 Å². The van der Waals surface area contributed by atoms with Crippen molar-refractivity contribution in [3.8, 4) is 11.1 Å². The van der Waals surface area contributed by atoms with Crippen LogP contribution in [0.2, 0.25) is 5.02 Å². The number of halogens is 9. The first-order chi connectivity index (χ1) is 19.0. The summed E-state index contributed by atoms with van der Waals surface area (Å²) in [6, 6.07) is 3.99. The Morgan fingerprint density at radius 1 is 1.17 bits per heavy atom. The minimum absolute atomic E-state index is 0.0587. The van der Waals surface area contributed by atoms with Gasteiger partial charge in [0.15, 0.2) is 5.72 Å². The van der Waals surface area contributed by atoms with Gasteiger partial charge in [0.2, 0.25) is 5.91 Å². The minimum atomic E-state index is -5.11. The van der Waals surface area contributed by atoms with Crippen LogP contribution < -0.4 is 11.1 Å². The number of nitrogens with one attached hydrogen (secondary N) is 1. The first-order valence-corrected chi connectivity index (χ1v) is 12.4. The third-order valence-corrected chi connectivity index (χ3v) is 7.35. The first kappa shape index (κ1) is 28.8. The number of primary amides is 1. The lowest BCUT2D eigenvalue weighted by Crippen LogP contribution is -2.41. The van der Waals surface area contributed by atoms with Gasteiger partial charge in [-0.25, -0.2) is 17.6 Å². The number of alkyl halides is 5. The van der Waals surface area contributed by atoms with E-state index in [2.05, 4.69) is 26.3 Å². The highest BCUT2D eigenvalue weighted by Crippen LogP contribution is 2.49. The number of aliphatic hydroxyl groups is 1. The van der Waals surface area contributed by atoms with Gasteiger partial charge in [0.05, 0.1) is 22.2 Å². The number of carbonyl (C=O) groups excluding carboxylic acids is 2. The number of nitrogens with two attached hydrogens (primary N) is 1. The quantitative estimate of drug-likeness (QED) is 0.237. The number of amides is 2. The van der Waals surface area contributed by atoms with Gasteiger partial charge in [-0.15, -0.1) is 0 Å². The molecule has 2 heterocycles.